The van der Waals surface area contributed by atoms with E-state index in [4.69, 9.17) is 10.5 Å². The smallest absolute Gasteiger partial charge is 0.261 e. The number of pyridine rings is 1. The number of hydrogen-bond acceptors (Lipinski definition) is 4. The second-order valence-corrected chi connectivity index (χ2v) is 6.80. The van der Waals surface area contributed by atoms with E-state index in [1.54, 1.807) is 0 Å². The largest absolute Gasteiger partial charge is 0.373 e. The number of amides is 2. The van der Waals surface area contributed by atoms with Gasteiger partial charge in [0.1, 0.15) is 5.56 Å². The molecule has 2 heterocycles. The van der Waals surface area contributed by atoms with Crippen molar-refractivity contribution in [3.63, 3.8) is 0 Å². The Morgan fingerprint density at radius 2 is 2.16 bits per heavy atom. The van der Waals surface area contributed by atoms with Crippen LogP contribution in [0.2, 0.25) is 0 Å². The maximum atomic E-state index is 12.7. The van der Waals surface area contributed by atoms with Crippen LogP contribution in [-0.2, 0) is 16.0 Å². The number of rotatable bonds is 4. The van der Waals surface area contributed by atoms with Gasteiger partial charge in [0.25, 0.3) is 11.5 Å². The SMILES string of the molecule is C=C(C)[C@H]1OCC[C@H]1C(=O)N[C@H]1CCCc2[nH]c(=O)c(C(N)=O)cc21. The van der Waals surface area contributed by atoms with Crippen molar-refractivity contribution in [2.45, 2.75) is 44.8 Å². The predicted octanol–water partition coefficient (Wildman–Crippen LogP) is 0.949. The number of aromatic nitrogens is 1. The van der Waals surface area contributed by atoms with Gasteiger partial charge in [0.05, 0.1) is 18.1 Å². The highest BCUT2D eigenvalue weighted by Gasteiger charge is 2.36. The number of carbonyl (C=O) groups is 2. The molecule has 0 spiro atoms. The summed E-state index contributed by atoms with van der Waals surface area (Å²) >= 11 is 0. The Kier molecular flexibility index (Phi) is 4.76. The van der Waals surface area contributed by atoms with Crippen molar-refractivity contribution in [3.05, 3.63) is 45.4 Å². The molecule has 1 aromatic rings. The highest BCUT2D eigenvalue weighted by Crippen LogP contribution is 2.31. The van der Waals surface area contributed by atoms with E-state index in [9.17, 15) is 14.4 Å². The van der Waals surface area contributed by atoms with Crippen LogP contribution in [0.5, 0.6) is 0 Å². The minimum Gasteiger partial charge on any atom is -0.373 e. The summed E-state index contributed by atoms with van der Waals surface area (Å²) in [5, 5.41) is 3.05. The summed E-state index contributed by atoms with van der Waals surface area (Å²) in [5.41, 5.74) is 7.06. The first-order valence-electron chi connectivity index (χ1n) is 8.51. The first-order chi connectivity index (χ1) is 11.9. The van der Waals surface area contributed by atoms with Gasteiger partial charge in [-0.3, -0.25) is 14.4 Å². The van der Waals surface area contributed by atoms with E-state index in [0.717, 1.165) is 29.7 Å². The molecular weight excluding hydrogens is 322 g/mol. The molecule has 25 heavy (non-hydrogen) atoms. The molecule has 2 aliphatic rings. The van der Waals surface area contributed by atoms with E-state index in [2.05, 4.69) is 16.9 Å². The fourth-order valence-electron chi connectivity index (χ4n) is 3.70. The maximum Gasteiger partial charge on any atom is 0.261 e. The van der Waals surface area contributed by atoms with E-state index in [1.165, 1.54) is 6.07 Å². The lowest BCUT2D eigenvalue weighted by atomic mass is 9.89. The van der Waals surface area contributed by atoms with Crippen LogP contribution >= 0.6 is 0 Å². The number of ether oxygens (including phenoxy) is 1. The van der Waals surface area contributed by atoms with Crippen LogP contribution < -0.4 is 16.6 Å². The van der Waals surface area contributed by atoms with Crippen molar-refractivity contribution in [2.24, 2.45) is 11.7 Å². The molecule has 7 nitrogen and oxygen atoms in total. The number of aryl methyl sites for hydroxylation is 1. The van der Waals surface area contributed by atoms with E-state index in [1.807, 2.05) is 6.92 Å². The van der Waals surface area contributed by atoms with Gasteiger partial charge in [0.2, 0.25) is 5.91 Å². The molecule has 0 aromatic carbocycles. The topological polar surface area (TPSA) is 114 Å². The van der Waals surface area contributed by atoms with Gasteiger partial charge in [-0.25, -0.2) is 0 Å². The van der Waals surface area contributed by atoms with Gasteiger partial charge in [-0.15, -0.1) is 0 Å². The van der Waals surface area contributed by atoms with E-state index >= 15 is 0 Å². The molecule has 0 unspecified atom stereocenters. The van der Waals surface area contributed by atoms with Gasteiger partial charge < -0.3 is 20.8 Å². The standard InChI is InChI=1S/C18H23N3O4/c1-9(2)15-10(6-7-25-15)17(23)20-13-4-3-5-14-11(13)8-12(16(19)22)18(24)21-14/h8,10,13,15H,1,3-7H2,2H3,(H2,19,22)(H,20,23)(H,21,24)/t10-,13+,15-/m1/s1. The second kappa shape index (κ2) is 6.84. The average molecular weight is 345 g/mol. The molecular formula is C18H23N3O4. The third-order valence-corrected chi connectivity index (χ3v) is 4.95. The predicted molar refractivity (Wildman–Crippen MR) is 92.1 cm³/mol. The Labute approximate surface area is 145 Å². The number of aromatic amines is 1. The van der Waals surface area contributed by atoms with Gasteiger partial charge >= 0.3 is 0 Å². The number of fused-ring (bicyclic) bond motifs is 1. The lowest BCUT2D eigenvalue weighted by molar-refractivity contribution is -0.127. The fraction of sp³-hybridized carbons (Fsp3) is 0.500. The molecule has 0 saturated carbocycles. The summed E-state index contributed by atoms with van der Waals surface area (Å²) in [5.74, 6) is -1.12. The van der Waals surface area contributed by atoms with Crippen molar-refractivity contribution >= 4 is 11.8 Å². The molecule has 134 valence electrons. The average Bonchev–Trinajstić information content (AvgIpc) is 3.04. The Balaban J connectivity index is 1.84. The third-order valence-electron chi connectivity index (χ3n) is 4.95. The second-order valence-electron chi connectivity index (χ2n) is 6.80. The Morgan fingerprint density at radius 3 is 2.84 bits per heavy atom. The van der Waals surface area contributed by atoms with Crippen LogP contribution in [0.3, 0.4) is 0 Å². The minimum absolute atomic E-state index is 0.0797. The first kappa shape index (κ1) is 17.4. The van der Waals surface area contributed by atoms with Gasteiger partial charge in [-0.1, -0.05) is 12.2 Å². The highest BCUT2D eigenvalue weighted by atomic mass is 16.5. The van der Waals surface area contributed by atoms with Crippen molar-refractivity contribution in [3.8, 4) is 0 Å². The summed E-state index contributed by atoms with van der Waals surface area (Å²) in [6.45, 7) is 6.29. The Hall–Kier alpha value is -2.41. The Bertz CT molecular complexity index is 783. The molecule has 2 amide bonds. The molecule has 0 radical (unpaired) electrons. The quantitative estimate of drug-likeness (QED) is 0.705. The fourth-order valence-corrected chi connectivity index (χ4v) is 3.70. The number of nitrogens with one attached hydrogen (secondary N) is 2. The number of H-pyrrole nitrogens is 1. The number of hydrogen-bond donors (Lipinski definition) is 3. The molecule has 1 aliphatic heterocycles. The zero-order chi connectivity index (χ0) is 18.1. The molecule has 7 heteroatoms. The van der Waals surface area contributed by atoms with Gasteiger partial charge in [0, 0.05) is 12.3 Å². The summed E-state index contributed by atoms with van der Waals surface area (Å²) in [4.78, 5) is 38.8. The molecule has 1 aromatic heterocycles. The van der Waals surface area contributed by atoms with Crippen LogP contribution in [0.15, 0.2) is 23.0 Å². The highest BCUT2D eigenvalue weighted by molar-refractivity contribution is 5.92. The number of primary amides is 1. The maximum absolute atomic E-state index is 12.7. The van der Waals surface area contributed by atoms with Gasteiger partial charge in [-0.2, -0.15) is 0 Å². The minimum atomic E-state index is -0.772. The summed E-state index contributed by atoms with van der Waals surface area (Å²) < 4.78 is 5.60. The van der Waals surface area contributed by atoms with Gasteiger partial charge in [-0.05, 0) is 44.2 Å². The zero-order valence-electron chi connectivity index (χ0n) is 14.3. The lowest BCUT2D eigenvalue weighted by Crippen LogP contribution is -2.39. The summed E-state index contributed by atoms with van der Waals surface area (Å²) in [6, 6.07) is 1.26. The third kappa shape index (κ3) is 3.37. The van der Waals surface area contributed by atoms with Gasteiger partial charge in [0.15, 0.2) is 0 Å². The van der Waals surface area contributed by atoms with Crippen molar-refractivity contribution in [1.82, 2.24) is 10.3 Å². The van der Waals surface area contributed by atoms with E-state index in [-0.39, 0.29) is 29.5 Å². The summed E-state index contributed by atoms with van der Waals surface area (Å²) in [7, 11) is 0. The Morgan fingerprint density at radius 1 is 1.40 bits per heavy atom. The number of carbonyl (C=O) groups excluding carboxylic acids is 2. The zero-order valence-corrected chi connectivity index (χ0v) is 14.3. The van der Waals surface area contributed by atoms with Crippen molar-refractivity contribution in [2.75, 3.05) is 6.61 Å². The molecule has 1 saturated heterocycles. The van der Waals surface area contributed by atoms with Crippen LogP contribution in [0, 0.1) is 5.92 Å². The van der Waals surface area contributed by atoms with Crippen molar-refractivity contribution < 1.29 is 14.3 Å². The summed E-state index contributed by atoms with van der Waals surface area (Å²) in [6.07, 6.45) is 2.68. The normalized spacial score (nSPS) is 25.2. The van der Waals surface area contributed by atoms with Crippen LogP contribution in [0.1, 0.15) is 53.8 Å². The number of nitrogens with two attached hydrogens (primary N) is 1. The molecule has 1 fully saturated rings. The molecule has 3 atom stereocenters. The van der Waals surface area contributed by atoms with Crippen LogP contribution in [0.25, 0.3) is 0 Å². The first-order valence-corrected chi connectivity index (χ1v) is 8.51. The molecule has 3 rings (SSSR count). The lowest BCUT2D eigenvalue weighted by Gasteiger charge is -2.28. The molecule has 0 bridgehead atoms. The molecule has 4 N–H and O–H groups in total. The van der Waals surface area contributed by atoms with E-state index < -0.39 is 11.5 Å². The monoisotopic (exact) mass is 345 g/mol. The molecule has 1 aliphatic carbocycles. The van der Waals surface area contributed by atoms with E-state index in [0.29, 0.717) is 19.4 Å². The van der Waals surface area contributed by atoms with Crippen molar-refractivity contribution in [1.29, 1.82) is 0 Å². The van der Waals surface area contributed by atoms with Crippen LogP contribution in [-0.4, -0.2) is 29.5 Å². The van der Waals surface area contributed by atoms with Crippen LogP contribution in [0.4, 0.5) is 0 Å².